The van der Waals surface area contributed by atoms with E-state index in [4.69, 9.17) is 9.47 Å². The normalized spacial score (nSPS) is 11.2. The molecule has 6 nitrogen and oxygen atoms in total. The maximum Gasteiger partial charge on any atom is 0.200 e. The minimum Gasteiger partial charge on any atom is -0.502 e. The zero-order valence-electron chi connectivity index (χ0n) is 16.1. The van der Waals surface area contributed by atoms with Crippen LogP contribution in [0.15, 0.2) is 35.3 Å². The van der Waals surface area contributed by atoms with Gasteiger partial charge in [0.05, 0.1) is 14.2 Å². The Balaban J connectivity index is 1.92. The highest BCUT2D eigenvalue weighted by Gasteiger charge is 2.11. The number of rotatable bonds is 7. The van der Waals surface area contributed by atoms with Gasteiger partial charge in [-0.15, -0.1) is 0 Å². The van der Waals surface area contributed by atoms with E-state index in [1.54, 1.807) is 25.2 Å². The van der Waals surface area contributed by atoms with Gasteiger partial charge in [0.25, 0.3) is 0 Å². The van der Waals surface area contributed by atoms with E-state index in [9.17, 15) is 9.50 Å². The highest BCUT2D eigenvalue weighted by Crippen LogP contribution is 2.36. The summed E-state index contributed by atoms with van der Waals surface area (Å²) in [6.07, 6.45) is 0.758. The molecule has 7 heteroatoms. The van der Waals surface area contributed by atoms with Gasteiger partial charge in [0.15, 0.2) is 17.5 Å². The molecule has 0 atom stereocenters. The van der Waals surface area contributed by atoms with E-state index in [-0.39, 0.29) is 11.6 Å². The molecule has 0 radical (unpaired) electrons. The third-order valence-corrected chi connectivity index (χ3v) is 4.21. The molecule has 0 aromatic heterocycles. The molecule has 0 saturated carbocycles. The van der Waals surface area contributed by atoms with Crippen molar-refractivity contribution in [2.24, 2.45) is 4.99 Å². The van der Waals surface area contributed by atoms with Crippen molar-refractivity contribution >= 4 is 5.96 Å². The number of nitrogens with zero attached hydrogens (tertiary/aromatic N) is 1. The molecule has 0 spiro atoms. The summed E-state index contributed by atoms with van der Waals surface area (Å²) >= 11 is 0. The number of hydrogen-bond acceptors (Lipinski definition) is 4. The summed E-state index contributed by atoms with van der Waals surface area (Å²) in [5.74, 6) is 1.09. The van der Waals surface area contributed by atoms with Crippen LogP contribution in [-0.4, -0.2) is 38.9 Å². The van der Waals surface area contributed by atoms with Crippen LogP contribution >= 0.6 is 0 Å². The number of aromatic hydroxyl groups is 1. The molecular weight excluding hydrogens is 349 g/mol. The second-order valence-electron chi connectivity index (χ2n) is 6.02. The van der Waals surface area contributed by atoms with Crippen molar-refractivity contribution in [1.29, 1.82) is 0 Å². The molecule has 2 rings (SSSR count). The molecule has 27 heavy (non-hydrogen) atoms. The predicted molar refractivity (Wildman–Crippen MR) is 104 cm³/mol. The average Bonchev–Trinajstić information content (AvgIpc) is 2.66. The largest absolute Gasteiger partial charge is 0.502 e. The SMILES string of the molecule is CN=C(NCCc1ccc(F)cc1C)NCc1cc(OC)c(O)c(OC)c1. The van der Waals surface area contributed by atoms with Crippen LogP contribution in [-0.2, 0) is 13.0 Å². The number of methoxy groups -OCH3 is 2. The van der Waals surface area contributed by atoms with Crippen molar-refractivity contribution in [3.63, 3.8) is 0 Å². The number of guanidine groups is 1. The average molecular weight is 375 g/mol. The van der Waals surface area contributed by atoms with E-state index in [1.165, 1.54) is 26.4 Å². The fourth-order valence-corrected chi connectivity index (χ4v) is 2.71. The van der Waals surface area contributed by atoms with E-state index < -0.39 is 0 Å². The summed E-state index contributed by atoms with van der Waals surface area (Å²) < 4.78 is 23.5. The fourth-order valence-electron chi connectivity index (χ4n) is 2.71. The van der Waals surface area contributed by atoms with Crippen LogP contribution in [0.1, 0.15) is 16.7 Å². The van der Waals surface area contributed by atoms with Gasteiger partial charge in [-0.25, -0.2) is 4.39 Å². The van der Waals surface area contributed by atoms with Crippen molar-refractivity contribution in [3.05, 3.63) is 52.8 Å². The van der Waals surface area contributed by atoms with Crippen LogP contribution in [0.4, 0.5) is 4.39 Å². The molecule has 0 amide bonds. The van der Waals surface area contributed by atoms with E-state index in [1.807, 2.05) is 6.92 Å². The van der Waals surface area contributed by atoms with Gasteiger partial charge < -0.3 is 25.2 Å². The molecule has 0 bridgehead atoms. The van der Waals surface area contributed by atoms with Crippen molar-refractivity contribution in [3.8, 4) is 17.2 Å². The summed E-state index contributed by atoms with van der Waals surface area (Å²) in [5.41, 5.74) is 2.90. The zero-order valence-corrected chi connectivity index (χ0v) is 16.1. The first-order chi connectivity index (χ1) is 13.0. The first kappa shape index (κ1) is 20.4. The highest BCUT2D eigenvalue weighted by atomic mass is 19.1. The Morgan fingerprint density at radius 3 is 2.33 bits per heavy atom. The molecule has 146 valence electrons. The van der Waals surface area contributed by atoms with Crippen LogP contribution < -0.4 is 20.1 Å². The second-order valence-corrected chi connectivity index (χ2v) is 6.02. The molecule has 2 aromatic rings. The maximum absolute atomic E-state index is 13.2. The van der Waals surface area contributed by atoms with Crippen molar-refractivity contribution in [2.75, 3.05) is 27.8 Å². The van der Waals surface area contributed by atoms with Gasteiger partial charge in [0.2, 0.25) is 5.75 Å². The topological polar surface area (TPSA) is 75.1 Å². The first-order valence-electron chi connectivity index (χ1n) is 8.62. The predicted octanol–water partition coefficient (Wildman–Crippen LogP) is 2.76. The Morgan fingerprint density at radius 2 is 1.78 bits per heavy atom. The lowest BCUT2D eigenvalue weighted by molar-refractivity contribution is 0.339. The van der Waals surface area contributed by atoms with E-state index in [2.05, 4.69) is 15.6 Å². The number of benzene rings is 2. The van der Waals surface area contributed by atoms with Gasteiger partial charge in [-0.1, -0.05) is 6.07 Å². The molecule has 0 aliphatic carbocycles. The van der Waals surface area contributed by atoms with E-state index in [0.717, 1.165) is 23.1 Å². The Kier molecular flexibility index (Phi) is 7.28. The first-order valence-corrected chi connectivity index (χ1v) is 8.62. The summed E-state index contributed by atoms with van der Waals surface area (Å²) in [4.78, 5) is 4.20. The smallest absolute Gasteiger partial charge is 0.200 e. The lowest BCUT2D eigenvalue weighted by Gasteiger charge is -2.15. The molecular formula is C20H26FN3O3. The zero-order chi connectivity index (χ0) is 19.8. The molecule has 3 N–H and O–H groups in total. The molecule has 0 fully saturated rings. The van der Waals surface area contributed by atoms with Crippen molar-refractivity contribution < 1.29 is 19.0 Å². The number of phenolic OH excluding ortho intramolecular Hbond substituents is 1. The number of nitrogens with one attached hydrogen (secondary N) is 2. The molecule has 0 saturated heterocycles. The number of hydrogen-bond donors (Lipinski definition) is 3. The van der Waals surface area contributed by atoms with Gasteiger partial charge in [0, 0.05) is 20.1 Å². The standard InChI is InChI=1S/C20H26FN3O3/c1-13-9-16(21)6-5-15(13)7-8-23-20(22-2)24-12-14-10-17(26-3)19(25)18(11-14)27-4/h5-6,9-11,25H,7-8,12H2,1-4H3,(H2,22,23,24). The minimum atomic E-state index is -0.221. The molecule has 0 unspecified atom stereocenters. The minimum absolute atomic E-state index is 0.0269. The summed E-state index contributed by atoms with van der Waals surface area (Å²) in [6, 6.07) is 8.28. The molecule has 0 aliphatic rings. The van der Waals surface area contributed by atoms with E-state index >= 15 is 0 Å². The Labute approximate surface area is 159 Å². The highest BCUT2D eigenvalue weighted by molar-refractivity contribution is 5.79. The van der Waals surface area contributed by atoms with Crippen LogP contribution in [0.3, 0.4) is 0 Å². The lowest BCUT2D eigenvalue weighted by Crippen LogP contribution is -2.37. The number of aliphatic imine (C=N–C) groups is 1. The van der Waals surface area contributed by atoms with Gasteiger partial charge in [-0.3, -0.25) is 4.99 Å². The lowest BCUT2D eigenvalue weighted by atomic mass is 10.1. The van der Waals surface area contributed by atoms with Crippen LogP contribution in [0.2, 0.25) is 0 Å². The summed E-state index contributed by atoms with van der Waals surface area (Å²) in [7, 11) is 4.67. The summed E-state index contributed by atoms with van der Waals surface area (Å²) in [6.45, 7) is 3.04. The van der Waals surface area contributed by atoms with Gasteiger partial charge in [-0.05, 0) is 54.3 Å². The van der Waals surface area contributed by atoms with Crippen LogP contribution in [0.5, 0.6) is 17.2 Å². The Bertz CT molecular complexity index is 784. The van der Waals surface area contributed by atoms with Gasteiger partial charge >= 0.3 is 0 Å². The maximum atomic E-state index is 13.2. The van der Waals surface area contributed by atoms with Crippen molar-refractivity contribution in [2.45, 2.75) is 19.9 Å². The fraction of sp³-hybridized carbons (Fsp3) is 0.350. The molecule has 2 aromatic carbocycles. The summed E-state index contributed by atoms with van der Waals surface area (Å²) in [5, 5.41) is 16.4. The van der Waals surface area contributed by atoms with Crippen molar-refractivity contribution in [1.82, 2.24) is 10.6 Å². The quantitative estimate of drug-likeness (QED) is 0.513. The second kappa shape index (κ2) is 9.66. The Hall–Kier alpha value is -2.96. The van der Waals surface area contributed by atoms with Gasteiger partial charge in [-0.2, -0.15) is 0 Å². The van der Waals surface area contributed by atoms with Crippen LogP contribution in [0.25, 0.3) is 0 Å². The third kappa shape index (κ3) is 5.51. The van der Waals surface area contributed by atoms with Gasteiger partial charge in [0.1, 0.15) is 5.82 Å². The molecule has 0 aliphatic heterocycles. The molecule has 0 heterocycles. The number of ether oxygens (including phenoxy) is 2. The number of halogens is 1. The van der Waals surface area contributed by atoms with Crippen LogP contribution in [0, 0.1) is 12.7 Å². The monoisotopic (exact) mass is 375 g/mol. The van der Waals surface area contributed by atoms with E-state index in [0.29, 0.717) is 30.5 Å². The number of aryl methyl sites for hydroxylation is 1. The third-order valence-electron chi connectivity index (χ3n) is 4.21. The number of phenols is 1. The Morgan fingerprint density at radius 1 is 1.11 bits per heavy atom.